The van der Waals surface area contributed by atoms with E-state index in [4.69, 9.17) is 9.97 Å². The number of nitrogens with zero attached hydrogens (tertiary/aromatic N) is 4. The van der Waals surface area contributed by atoms with Crippen LogP contribution >= 0.6 is 11.3 Å². The number of amides is 1. The van der Waals surface area contributed by atoms with Crippen molar-refractivity contribution in [2.75, 3.05) is 31.1 Å². The number of rotatable bonds is 3. The van der Waals surface area contributed by atoms with E-state index >= 15 is 0 Å². The first kappa shape index (κ1) is 22.5. The Balaban J connectivity index is 1.30. The average Bonchev–Trinajstić information content (AvgIpc) is 3.25. The van der Waals surface area contributed by atoms with Gasteiger partial charge in [-0.15, -0.1) is 11.3 Å². The predicted octanol–water partition coefficient (Wildman–Crippen LogP) is 6.06. The van der Waals surface area contributed by atoms with Gasteiger partial charge in [-0.1, -0.05) is 57.2 Å². The van der Waals surface area contributed by atoms with Gasteiger partial charge in [0.1, 0.15) is 16.5 Å². The summed E-state index contributed by atoms with van der Waals surface area (Å²) in [5.74, 6) is 3.15. The monoisotopic (exact) mass is 484 g/mol. The Morgan fingerprint density at radius 3 is 2.60 bits per heavy atom. The minimum atomic E-state index is 0.124. The van der Waals surface area contributed by atoms with Crippen LogP contribution in [0.25, 0.3) is 21.0 Å². The summed E-state index contributed by atoms with van der Waals surface area (Å²) < 4.78 is 0. The summed E-state index contributed by atoms with van der Waals surface area (Å²) in [7, 11) is 0. The first-order valence-electron chi connectivity index (χ1n) is 12.8. The summed E-state index contributed by atoms with van der Waals surface area (Å²) in [6, 6.07) is 14.2. The summed E-state index contributed by atoms with van der Waals surface area (Å²) in [5, 5.41) is 3.41. The number of benzene rings is 2. The van der Waals surface area contributed by atoms with Crippen LogP contribution in [0.1, 0.15) is 59.7 Å². The average molecular weight is 485 g/mol. The fourth-order valence-corrected chi connectivity index (χ4v) is 6.91. The van der Waals surface area contributed by atoms with Gasteiger partial charge in [-0.25, -0.2) is 9.97 Å². The molecule has 3 heterocycles. The number of aromatic nitrogens is 2. The van der Waals surface area contributed by atoms with Crippen molar-refractivity contribution in [3.8, 4) is 0 Å². The van der Waals surface area contributed by atoms with E-state index in [1.807, 2.05) is 46.6 Å². The first-order chi connectivity index (χ1) is 17.0. The van der Waals surface area contributed by atoms with Crippen molar-refractivity contribution in [3.63, 3.8) is 0 Å². The fourth-order valence-electron chi connectivity index (χ4n) is 5.53. The quantitative estimate of drug-likeness (QED) is 0.355. The van der Waals surface area contributed by atoms with Crippen LogP contribution in [0.5, 0.6) is 0 Å². The number of carbonyl (C=O) groups excluding carboxylic acids is 1. The molecule has 1 amide bonds. The van der Waals surface area contributed by atoms with Crippen molar-refractivity contribution >= 4 is 44.1 Å². The normalized spacial score (nSPS) is 18.5. The molecular weight excluding hydrogens is 452 g/mol. The molecule has 0 N–H and O–H groups in total. The standard InChI is InChI=1S/C29H32N4OS/c1-18(2)26-30-27(25-23-12-11-19(3)17-24(23)35-28(25)31-26)32-13-15-33(16-14-32)29(34)22-10-6-8-20-7-4-5-9-21(20)22/h4-10,18-19H,11-17H2,1-3H3/t19-/m1/s1. The lowest BCUT2D eigenvalue weighted by Gasteiger charge is -2.36. The molecule has 1 fully saturated rings. The summed E-state index contributed by atoms with van der Waals surface area (Å²) in [6.07, 6.45) is 3.51. The van der Waals surface area contributed by atoms with Crippen LogP contribution in [-0.4, -0.2) is 47.0 Å². The van der Waals surface area contributed by atoms with Crippen LogP contribution in [-0.2, 0) is 12.8 Å². The molecule has 6 rings (SSSR count). The molecule has 1 aliphatic heterocycles. The van der Waals surface area contributed by atoms with Gasteiger partial charge in [0.2, 0.25) is 0 Å². The molecule has 0 spiro atoms. The third-order valence-electron chi connectivity index (χ3n) is 7.56. The van der Waals surface area contributed by atoms with E-state index in [-0.39, 0.29) is 11.8 Å². The highest BCUT2D eigenvalue weighted by atomic mass is 32.1. The van der Waals surface area contributed by atoms with E-state index in [2.05, 4.69) is 37.8 Å². The third kappa shape index (κ3) is 3.98. The van der Waals surface area contributed by atoms with Gasteiger partial charge in [0.25, 0.3) is 5.91 Å². The largest absolute Gasteiger partial charge is 0.352 e. The number of carbonyl (C=O) groups is 1. The minimum Gasteiger partial charge on any atom is -0.352 e. The van der Waals surface area contributed by atoms with Crippen molar-refractivity contribution in [2.45, 2.75) is 46.0 Å². The number of thiophene rings is 1. The van der Waals surface area contributed by atoms with Crippen LogP contribution in [0.2, 0.25) is 0 Å². The van der Waals surface area contributed by atoms with E-state index in [0.717, 1.165) is 64.7 Å². The number of fused-ring (bicyclic) bond motifs is 4. The van der Waals surface area contributed by atoms with E-state index < -0.39 is 0 Å². The molecule has 180 valence electrons. The maximum Gasteiger partial charge on any atom is 0.254 e. The Kier molecular flexibility index (Phi) is 5.72. The van der Waals surface area contributed by atoms with Gasteiger partial charge >= 0.3 is 0 Å². The van der Waals surface area contributed by atoms with Gasteiger partial charge in [-0.2, -0.15) is 0 Å². The predicted molar refractivity (Wildman–Crippen MR) is 145 cm³/mol. The van der Waals surface area contributed by atoms with Crippen LogP contribution in [0.3, 0.4) is 0 Å². The van der Waals surface area contributed by atoms with Crippen molar-refractivity contribution in [1.82, 2.24) is 14.9 Å². The molecule has 6 heteroatoms. The molecule has 2 aromatic carbocycles. The first-order valence-corrected chi connectivity index (χ1v) is 13.7. The molecule has 1 aliphatic carbocycles. The zero-order valence-electron chi connectivity index (χ0n) is 20.8. The molecule has 0 bridgehead atoms. The Bertz CT molecular complexity index is 1410. The lowest BCUT2D eigenvalue weighted by Crippen LogP contribution is -2.49. The highest BCUT2D eigenvalue weighted by molar-refractivity contribution is 7.19. The number of anilines is 1. The van der Waals surface area contributed by atoms with Gasteiger partial charge in [0.15, 0.2) is 0 Å². The van der Waals surface area contributed by atoms with Gasteiger partial charge in [0.05, 0.1) is 5.39 Å². The Labute approximate surface area is 210 Å². The Hall–Kier alpha value is -2.99. The zero-order chi connectivity index (χ0) is 24.1. The van der Waals surface area contributed by atoms with E-state index in [9.17, 15) is 4.79 Å². The summed E-state index contributed by atoms with van der Waals surface area (Å²) in [4.78, 5) is 30.6. The van der Waals surface area contributed by atoms with Gasteiger partial charge in [-0.3, -0.25) is 4.79 Å². The van der Waals surface area contributed by atoms with Crippen molar-refractivity contribution < 1.29 is 4.79 Å². The molecule has 4 aromatic rings. The molecular formula is C29H32N4OS. The summed E-state index contributed by atoms with van der Waals surface area (Å²) in [5.41, 5.74) is 2.27. The molecule has 2 aromatic heterocycles. The molecule has 35 heavy (non-hydrogen) atoms. The second kappa shape index (κ2) is 8.90. The second-order valence-corrected chi connectivity index (χ2v) is 11.5. The van der Waals surface area contributed by atoms with Gasteiger partial charge in [0, 0.05) is 42.5 Å². The maximum atomic E-state index is 13.5. The highest BCUT2D eigenvalue weighted by Gasteiger charge is 2.29. The molecule has 0 unspecified atom stereocenters. The molecule has 5 nitrogen and oxygen atoms in total. The van der Waals surface area contributed by atoms with Crippen LogP contribution in [0, 0.1) is 5.92 Å². The molecule has 0 radical (unpaired) electrons. The molecule has 0 saturated carbocycles. The lowest BCUT2D eigenvalue weighted by molar-refractivity contribution is 0.0748. The van der Waals surface area contributed by atoms with Gasteiger partial charge < -0.3 is 9.80 Å². The summed E-state index contributed by atoms with van der Waals surface area (Å²) in [6.45, 7) is 9.68. The SMILES string of the molecule is CC(C)c1nc(N2CCN(C(=O)c3cccc4ccccc34)CC2)c2c3c(sc2n1)C[C@H](C)CC3. The van der Waals surface area contributed by atoms with Crippen LogP contribution < -0.4 is 4.90 Å². The smallest absolute Gasteiger partial charge is 0.254 e. The minimum absolute atomic E-state index is 0.124. The molecule has 1 saturated heterocycles. The van der Waals surface area contributed by atoms with Crippen LogP contribution in [0.4, 0.5) is 5.82 Å². The van der Waals surface area contributed by atoms with Crippen molar-refractivity contribution in [2.24, 2.45) is 5.92 Å². The lowest BCUT2D eigenvalue weighted by atomic mass is 9.89. The van der Waals surface area contributed by atoms with Crippen molar-refractivity contribution in [1.29, 1.82) is 0 Å². The van der Waals surface area contributed by atoms with E-state index in [0.29, 0.717) is 13.1 Å². The van der Waals surface area contributed by atoms with Gasteiger partial charge in [-0.05, 0) is 47.6 Å². The topological polar surface area (TPSA) is 49.3 Å². The molecule has 2 aliphatic rings. The number of piperazine rings is 1. The number of hydrogen-bond acceptors (Lipinski definition) is 5. The zero-order valence-corrected chi connectivity index (χ0v) is 21.6. The van der Waals surface area contributed by atoms with E-state index in [1.54, 1.807) is 0 Å². The van der Waals surface area contributed by atoms with Crippen molar-refractivity contribution in [3.05, 3.63) is 64.3 Å². The number of hydrogen-bond donors (Lipinski definition) is 0. The highest BCUT2D eigenvalue weighted by Crippen LogP contribution is 2.41. The number of aryl methyl sites for hydroxylation is 1. The fraction of sp³-hybridized carbons (Fsp3) is 0.414. The summed E-state index contributed by atoms with van der Waals surface area (Å²) >= 11 is 1.87. The van der Waals surface area contributed by atoms with Crippen LogP contribution in [0.15, 0.2) is 42.5 Å². The Morgan fingerprint density at radius 1 is 1.03 bits per heavy atom. The van der Waals surface area contributed by atoms with E-state index in [1.165, 1.54) is 22.2 Å². The third-order valence-corrected chi connectivity index (χ3v) is 8.70. The molecule has 1 atom stereocenters. The second-order valence-electron chi connectivity index (χ2n) is 10.4. The maximum absolute atomic E-state index is 13.5. The Morgan fingerprint density at radius 2 is 1.80 bits per heavy atom.